The molecule has 1 heterocycles. The third kappa shape index (κ3) is 4.60. The van der Waals surface area contributed by atoms with Crippen LogP contribution in [0.3, 0.4) is 0 Å². The second-order valence-corrected chi connectivity index (χ2v) is 4.29. The standard InChI is InChI=1S/C13H22O4/c1-3-11(14)5-7-13(16-9-10-17-13)8-6-12(15)4-2/h3-4,11-12,14-15H,1-2,5-10H2/t11-,12-/m0/s1. The van der Waals surface area contributed by atoms with Crippen LogP contribution >= 0.6 is 0 Å². The topological polar surface area (TPSA) is 58.9 Å². The van der Waals surface area contributed by atoms with Gasteiger partial charge in [0.2, 0.25) is 0 Å². The molecule has 1 rings (SSSR count). The minimum absolute atomic E-state index is 0.538. The Morgan fingerprint density at radius 1 is 1.00 bits per heavy atom. The van der Waals surface area contributed by atoms with E-state index in [0.717, 1.165) is 0 Å². The van der Waals surface area contributed by atoms with E-state index in [4.69, 9.17) is 9.47 Å². The van der Waals surface area contributed by atoms with E-state index >= 15 is 0 Å². The number of aliphatic hydroxyl groups excluding tert-OH is 2. The van der Waals surface area contributed by atoms with Gasteiger partial charge in [-0.1, -0.05) is 12.2 Å². The largest absolute Gasteiger partial charge is 0.389 e. The van der Waals surface area contributed by atoms with E-state index in [2.05, 4.69) is 13.2 Å². The molecule has 98 valence electrons. The summed E-state index contributed by atoms with van der Waals surface area (Å²) in [5.74, 6) is -0.659. The summed E-state index contributed by atoms with van der Waals surface area (Å²) in [5.41, 5.74) is 0. The Balaban J connectivity index is 2.44. The second kappa shape index (κ2) is 6.91. The average Bonchev–Trinajstić information content (AvgIpc) is 2.82. The average molecular weight is 242 g/mol. The van der Waals surface area contributed by atoms with Gasteiger partial charge in [0.1, 0.15) is 0 Å². The minimum atomic E-state index is -0.659. The van der Waals surface area contributed by atoms with Crippen molar-refractivity contribution in [2.24, 2.45) is 0 Å². The van der Waals surface area contributed by atoms with Crippen molar-refractivity contribution in [2.75, 3.05) is 13.2 Å². The van der Waals surface area contributed by atoms with E-state index in [0.29, 0.717) is 38.9 Å². The van der Waals surface area contributed by atoms with Gasteiger partial charge in [0.15, 0.2) is 5.79 Å². The third-order valence-corrected chi connectivity index (χ3v) is 3.00. The fraction of sp³-hybridized carbons (Fsp3) is 0.692. The van der Waals surface area contributed by atoms with Crippen molar-refractivity contribution >= 4 is 0 Å². The molecule has 2 N–H and O–H groups in total. The zero-order valence-corrected chi connectivity index (χ0v) is 10.2. The molecule has 17 heavy (non-hydrogen) atoms. The zero-order chi connectivity index (χ0) is 12.7. The smallest absolute Gasteiger partial charge is 0.168 e. The predicted octanol–water partition coefficient (Wildman–Crippen LogP) is 1.38. The molecule has 0 aliphatic carbocycles. The van der Waals surface area contributed by atoms with Gasteiger partial charge in [-0.3, -0.25) is 0 Å². The van der Waals surface area contributed by atoms with E-state index in [1.807, 2.05) is 0 Å². The van der Waals surface area contributed by atoms with Gasteiger partial charge < -0.3 is 19.7 Å². The molecule has 1 aliphatic heterocycles. The van der Waals surface area contributed by atoms with Gasteiger partial charge in [-0.15, -0.1) is 13.2 Å². The number of hydrogen-bond donors (Lipinski definition) is 2. The second-order valence-electron chi connectivity index (χ2n) is 4.29. The van der Waals surface area contributed by atoms with Crippen molar-refractivity contribution in [3.63, 3.8) is 0 Å². The molecule has 0 aromatic rings. The Bertz CT molecular complexity index is 226. The maximum absolute atomic E-state index is 9.46. The SMILES string of the molecule is C=C[C@H](O)CCC1(CC[C@@H](O)C=C)OCCO1. The van der Waals surface area contributed by atoms with Crippen molar-refractivity contribution in [3.8, 4) is 0 Å². The van der Waals surface area contributed by atoms with Crippen molar-refractivity contribution in [2.45, 2.75) is 43.7 Å². The first kappa shape index (κ1) is 14.4. The van der Waals surface area contributed by atoms with Crippen molar-refractivity contribution < 1.29 is 19.7 Å². The van der Waals surface area contributed by atoms with Crippen molar-refractivity contribution in [3.05, 3.63) is 25.3 Å². The maximum Gasteiger partial charge on any atom is 0.168 e. The van der Waals surface area contributed by atoms with Gasteiger partial charge in [-0.2, -0.15) is 0 Å². The quantitative estimate of drug-likeness (QED) is 0.631. The monoisotopic (exact) mass is 242 g/mol. The van der Waals surface area contributed by atoms with Crippen LogP contribution in [0.15, 0.2) is 25.3 Å². The normalized spacial score (nSPS) is 22.0. The summed E-state index contributed by atoms with van der Waals surface area (Å²) in [5, 5.41) is 18.9. The fourth-order valence-electron chi connectivity index (χ4n) is 1.88. The number of ether oxygens (including phenoxy) is 2. The van der Waals surface area contributed by atoms with E-state index in [9.17, 15) is 10.2 Å². The molecule has 1 aliphatic rings. The molecule has 0 spiro atoms. The summed E-state index contributed by atoms with van der Waals surface area (Å²) in [6, 6.07) is 0. The molecule has 0 saturated carbocycles. The Hall–Kier alpha value is -0.680. The molecule has 0 amide bonds. The molecule has 4 heteroatoms. The highest BCUT2D eigenvalue weighted by Gasteiger charge is 2.36. The molecular formula is C13H22O4. The maximum atomic E-state index is 9.46. The van der Waals surface area contributed by atoms with Crippen LogP contribution < -0.4 is 0 Å². The lowest BCUT2D eigenvalue weighted by molar-refractivity contribution is -0.173. The van der Waals surface area contributed by atoms with Gasteiger partial charge >= 0.3 is 0 Å². The van der Waals surface area contributed by atoms with Gasteiger partial charge in [0.05, 0.1) is 25.4 Å². The van der Waals surface area contributed by atoms with E-state index in [1.165, 1.54) is 12.2 Å². The van der Waals surface area contributed by atoms with E-state index in [1.54, 1.807) is 0 Å². The summed E-state index contributed by atoms with van der Waals surface area (Å²) in [7, 11) is 0. The van der Waals surface area contributed by atoms with Gasteiger partial charge in [0, 0.05) is 12.8 Å². The van der Waals surface area contributed by atoms with Crippen LogP contribution in [-0.2, 0) is 9.47 Å². The van der Waals surface area contributed by atoms with Crippen LogP contribution in [-0.4, -0.2) is 41.4 Å². The highest BCUT2D eigenvalue weighted by atomic mass is 16.7. The summed E-state index contributed by atoms with van der Waals surface area (Å²) >= 11 is 0. The van der Waals surface area contributed by atoms with Gasteiger partial charge in [-0.25, -0.2) is 0 Å². The van der Waals surface area contributed by atoms with Crippen LogP contribution in [0.25, 0.3) is 0 Å². The van der Waals surface area contributed by atoms with Crippen LogP contribution in [0, 0.1) is 0 Å². The lowest BCUT2D eigenvalue weighted by Crippen LogP contribution is -2.32. The Morgan fingerprint density at radius 2 is 1.41 bits per heavy atom. The molecular weight excluding hydrogens is 220 g/mol. The fourth-order valence-corrected chi connectivity index (χ4v) is 1.88. The van der Waals surface area contributed by atoms with Crippen LogP contribution in [0.5, 0.6) is 0 Å². The van der Waals surface area contributed by atoms with Crippen LogP contribution in [0.4, 0.5) is 0 Å². The highest BCUT2D eigenvalue weighted by Crippen LogP contribution is 2.31. The lowest BCUT2D eigenvalue weighted by Gasteiger charge is -2.28. The number of hydrogen-bond acceptors (Lipinski definition) is 4. The first-order valence-corrected chi connectivity index (χ1v) is 6.01. The highest BCUT2D eigenvalue weighted by molar-refractivity contribution is 4.85. The van der Waals surface area contributed by atoms with Crippen LogP contribution in [0.1, 0.15) is 25.7 Å². The van der Waals surface area contributed by atoms with Gasteiger partial charge in [-0.05, 0) is 12.8 Å². The Morgan fingerprint density at radius 3 is 1.76 bits per heavy atom. The van der Waals surface area contributed by atoms with E-state index in [-0.39, 0.29) is 0 Å². The Kier molecular flexibility index (Phi) is 5.85. The summed E-state index contributed by atoms with van der Waals surface area (Å²) in [6.45, 7) is 8.19. The molecule has 0 aromatic heterocycles. The number of aliphatic hydroxyl groups is 2. The van der Waals surface area contributed by atoms with Crippen molar-refractivity contribution in [1.29, 1.82) is 0 Å². The first-order chi connectivity index (χ1) is 8.12. The molecule has 0 bridgehead atoms. The molecule has 1 fully saturated rings. The van der Waals surface area contributed by atoms with Crippen LogP contribution in [0.2, 0.25) is 0 Å². The molecule has 0 aromatic carbocycles. The predicted molar refractivity (Wildman–Crippen MR) is 65.5 cm³/mol. The minimum Gasteiger partial charge on any atom is -0.389 e. The molecule has 0 radical (unpaired) electrons. The molecule has 1 saturated heterocycles. The third-order valence-electron chi connectivity index (χ3n) is 3.00. The zero-order valence-electron chi connectivity index (χ0n) is 10.2. The lowest BCUT2D eigenvalue weighted by atomic mass is 10.00. The summed E-state index contributed by atoms with van der Waals surface area (Å²) in [6.07, 6.45) is 4.23. The summed E-state index contributed by atoms with van der Waals surface area (Å²) in [4.78, 5) is 0. The molecule has 2 atom stereocenters. The van der Waals surface area contributed by atoms with E-state index < -0.39 is 18.0 Å². The Labute approximate surface area is 103 Å². The summed E-state index contributed by atoms with van der Waals surface area (Å²) < 4.78 is 11.2. The first-order valence-electron chi connectivity index (χ1n) is 6.01. The number of rotatable bonds is 8. The molecule has 4 nitrogen and oxygen atoms in total. The molecule has 0 unspecified atom stereocenters. The van der Waals surface area contributed by atoms with Gasteiger partial charge in [0.25, 0.3) is 0 Å². The van der Waals surface area contributed by atoms with Crippen molar-refractivity contribution in [1.82, 2.24) is 0 Å².